The third kappa shape index (κ3) is 3.55. The van der Waals surface area contributed by atoms with Crippen LogP contribution in [0.3, 0.4) is 0 Å². The lowest BCUT2D eigenvalue weighted by Crippen LogP contribution is -2.47. The molecule has 6 nitrogen and oxygen atoms in total. The zero-order chi connectivity index (χ0) is 14.6. The first-order valence-electron chi connectivity index (χ1n) is 6.20. The third-order valence-corrected chi connectivity index (χ3v) is 4.18. The van der Waals surface area contributed by atoms with Crippen LogP contribution in [0.2, 0.25) is 0 Å². The Hall–Kier alpha value is -0.920. The smallest absolute Gasteiger partial charge is 0.283 e. The van der Waals surface area contributed by atoms with Crippen LogP contribution in [0.4, 0.5) is 5.69 Å². The highest BCUT2D eigenvalue weighted by Gasteiger charge is 2.27. The first-order valence-corrected chi connectivity index (χ1v) is 6.99. The molecule has 0 radical (unpaired) electrons. The zero-order valence-electron chi connectivity index (χ0n) is 11.5. The average molecular weight is 333 g/mol. The third-order valence-electron chi connectivity index (χ3n) is 3.42. The minimum atomic E-state index is -0.320. The van der Waals surface area contributed by atoms with Crippen LogP contribution in [0.25, 0.3) is 0 Å². The van der Waals surface area contributed by atoms with Crippen molar-refractivity contribution in [2.45, 2.75) is 32.9 Å². The summed E-state index contributed by atoms with van der Waals surface area (Å²) in [6, 6.07) is 0. The van der Waals surface area contributed by atoms with E-state index in [0.29, 0.717) is 22.6 Å². The molecular weight excluding hydrogens is 312 g/mol. The first kappa shape index (κ1) is 16.1. The van der Waals surface area contributed by atoms with Gasteiger partial charge in [-0.25, -0.2) is 4.68 Å². The molecule has 1 aromatic rings. The van der Waals surface area contributed by atoms with Gasteiger partial charge in [0.25, 0.3) is 5.56 Å². The Kier molecular flexibility index (Phi) is 5.51. The van der Waals surface area contributed by atoms with Crippen LogP contribution < -0.4 is 16.6 Å². The number of hydrogen-bond donors (Lipinski definition) is 3. The lowest BCUT2D eigenvalue weighted by Gasteiger charge is -2.34. The highest BCUT2D eigenvalue weighted by molar-refractivity contribution is 9.10. The summed E-state index contributed by atoms with van der Waals surface area (Å²) in [5.41, 5.74) is 5.82. The maximum absolute atomic E-state index is 12.0. The molecule has 1 aromatic heterocycles. The van der Waals surface area contributed by atoms with Gasteiger partial charge in [0.15, 0.2) is 0 Å². The number of nitrogens with zero attached hydrogens (tertiary/aromatic N) is 2. The van der Waals surface area contributed by atoms with Gasteiger partial charge < -0.3 is 16.2 Å². The molecule has 1 heterocycles. The van der Waals surface area contributed by atoms with E-state index in [-0.39, 0.29) is 24.2 Å². The minimum Gasteiger partial charge on any atom is -0.394 e. The van der Waals surface area contributed by atoms with Gasteiger partial charge in [-0.2, -0.15) is 5.10 Å². The van der Waals surface area contributed by atoms with Gasteiger partial charge >= 0.3 is 0 Å². The molecule has 0 aliphatic carbocycles. The topological polar surface area (TPSA) is 93.2 Å². The molecule has 0 aliphatic heterocycles. The SMILES string of the molecule is CC(C)C(C)(CN)Nc1cnn(CCO)c(=O)c1Br. The number of anilines is 1. The summed E-state index contributed by atoms with van der Waals surface area (Å²) in [6.45, 7) is 6.62. The van der Waals surface area contributed by atoms with E-state index >= 15 is 0 Å². The van der Waals surface area contributed by atoms with Crippen molar-refractivity contribution < 1.29 is 5.11 Å². The molecule has 1 atom stereocenters. The van der Waals surface area contributed by atoms with E-state index in [1.54, 1.807) is 6.20 Å². The van der Waals surface area contributed by atoms with E-state index in [0.717, 1.165) is 0 Å². The summed E-state index contributed by atoms with van der Waals surface area (Å²) in [5.74, 6) is 0.296. The lowest BCUT2D eigenvalue weighted by molar-refractivity contribution is 0.266. The predicted molar refractivity (Wildman–Crippen MR) is 79.2 cm³/mol. The van der Waals surface area contributed by atoms with Crippen LogP contribution in [-0.2, 0) is 6.54 Å². The second kappa shape index (κ2) is 6.49. The van der Waals surface area contributed by atoms with Crippen molar-refractivity contribution in [1.82, 2.24) is 9.78 Å². The van der Waals surface area contributed by atoms with Crippen molar-refractivity contribution in [2.75, 3.05) is 18.5 Å². The summed E-state index contributed by atoms with van der Waals surface area (Å²) in [5, 5.41) is 16.1. The monoisotopic (exact) mass is 332 g/mol. The summed E-state index contributed by atoms with van der Waals surface area (Å²) in [6.07, 6.45) is 1.57. The summed E-state index contributed by atoms with van der Waals surface area (Å²) in [4.78, 5) is 12.0. The second-order valence-corrected chi connectivity index (χ2v) is 5.82. The average Bonchev–Trinajstić information content (AvgIpc) is 2.38. The van der Waals surface area contributed by atoms with Gasteiger partial charge in [0.05, 0.1) is 25.0 Å². The van der Waals surface area contributed by atoms with Crippen molar-refractivity contribution in [3.05, 3.63) is 21.0 Å². The summed E-state index contributed by atoms with van der Waals surface area (Å²) < 4.78 is 1.61. The first-order chi connectivity index (χ1) is 8.85. The van der Waals surface area contributed by atoms with E-state index in [1.807, 2.05) is 6.92 Å². The Balaban J connectivity index is 3.10. The number of halogens is 1. The van der Waals surface area contributed by atoms with E-state index < -0.39 is 0 Å². The Bertz CT molecular complexity index is 489. The fourth-order valence-electron chi connectivity index (χ4n) is 1.54. The van der Waals surface area contributed by atoms with Crippen LogP contribution in [0, 0.1) is 5.92 Å². The normalized spacial score (nSPS) is 14.5. The molecule has 1 unspecified atom stereocenters. The Morgan fingerprint density at radius 2 is 2.26 bits per heavy atom. The maximum Gasteiger partial charge on any atom is 0.283 e. The predicted octanol–water partition coefficient (Wildman–Crippen LogP) is 0.783. The molecule has 7 heteroatoms. The molecule has 0 saturated carbocycles. The van der Waals surface area contributed by atoms with E-state index in [4.69, 9.17) is 10.8 Å². The molecule has 0 spiro atoms. The highest BCUT2D eigenvalue weighted by Crippen LogP contribution is 2.25. The van der Waals surface area contributed by atoms with Crippen LogP contribution >= 0.6 is 15.9 Å². The van der Waals surface area contributed by atoms with Gasteiger partial charge in [-0.05, 0) is 28.8 Å². The van der Waals surface area contributed by atoms with E-state index in [1.165, 1.54) is 4.68 Å². The molecule has 0 bridgehead atoms. The van der Waals surface area contributed by atoms with Crippen LogP contribution in [0.15, 0.2) is 15.5 Å². The van der Waals surface area contributed by atoms with Crippen molar-refractivity contribution >= 4 is 21.6 Å². The number of aliphatic hydroxyl groups is 1. The second-order valence-electron chi connectivity index (χ2n) is 5.03. The molecule has 1 rings (SSSR count). The largest absolute Gasteiger partial charge is 0.394 e. The van der Waals surface area contributed by atoms with Crippen molar-refractivity contribution in [1.29, 1.82) is 0 Å². The van der Waals surface area contributed by atoms with E-state index in [2.05, 4.69) is 40.2 Å². The van der Waals surface area contributed by atoms with Crippen molar-refractivity contribution in [3.63, 3.8) is 0 Å². The molecule has 0 amide bonds. The Labute approximate surface area is 121 Å². The zero-order valence-corrected chi connectivity index (χ0v) is 13.1. The van der Waals surface area contributed by atoms with Crippen LogP contribution in [-0.4, -0.2) is 33.6 Å². The molecule has 4 N–H and O–H groups in total. The van der Waals surface area contributed by atoms with Gasteiger partial charge in [0, 0.05) is 12.1 Å². The molecule has 0 aromatic carbocycles. The number of rotatable bonds is 6. The van der Waals surface area contributed by atoms with Crippen LogP contribution in [0.5, 0.6) is 0 Å². The molecule has 108 valence electrons. The van der Waals surface area contributed by atoms with Gasteiger partial charge in [0.2, 0.25) is 0 Å². The Morgan fingerprint density at radius 3 is 2.74 bits per heavy atom. The molecule has 19 heavy (non-hydrogen) atoms. The molecule has 0 aliphatic rings. The number of aromatic nitrogens is 2. The summed E-state index contributed by atoms with van der Waals surface area (Å²) in [7, 11) is 0. The number of nitrogens with one attached hydrogen (secondary N) is 1. The number of aliphatic hydroxyl groups excluding tert-OH is 1. The highest BCUT2D eigenvalue weighted by atomic mass is 79.9. The fraction of sp³-hybridized carbons (Fsp3) is 0.667. The van der Waals surface area contributed by atoms with E-state index in [9.17, 15) is 4.79 Å². The molecular formula is C12H21BrN4O2. The van der Waals surface area contributed by atoms with Gasteiger partial charge in [-0.1, -0.05) is 13.8 Å². The number of nitrogens with two attached hydrogens (primary N) is 1. The number of hydrogen-bond acceptors (Lipinski definition) is 5. The Morgan fingerprint density at radius 1 is 1.63 bits per heavy atom. The fourth-order valence-corrected chi connectivity index (χ4v) is 1.95. The van der Waals surface area contributed by atoms with Crippen molar-refractivity contribution in [3.8, 4) is 0 Å². The van der Waals surface area contributed by atoms with Crippen molar-refractivity contribution in [2.24, 2.45) is 11.7 Å². The molecule has 0 saturated heterocycles. The molecule has 0 fully saturated rings. The minimum absolute atomic E-state index is 0.126. The van der Waals surface area contributed by atoms with Gasteiger partial charge in [0.1, 0.15) is 4.47 Å². The summed E-state index contributed by atoms with van der Waals surface area (Å²) >= 11 is 3.27. The van der Waals surface area contributed by atoms with Crippen LogP contribution in [0.1, 0.15) is 20.8 Å². The van der Waals surface area contributed by atoms with Gasteiger partial charge in [-0.15, -0.1) is 0 Å². The lowest BCUT2D eigenvalue weighted by atomic mass is 9.88. The van der Waals surface area contributed by atoms with Gasteiger partial charge in [-0.3, -0.25) is 4.79 Å². The standard InChI is InChI=1S/C12H21BrN4O2/c1-8(2)12(3,7-14)16-9-6-15-17(4-5-18)11(19)10(9)13/h6,8,16,18H,4-5,7,14H2,1-3H3. The maximum atomic E-state index is 12.0. The quantitative estimate of drug-likeness (QED) is 0.715.